The van der Waals surface area contributed by atoms with E-state index in [0.717, 1.165) is 16.7 Å². The van der Waals surface area contributed by atoms with Gasteiger partial charge in [-0.1, -0.05) is 62.4 Å². The number of benzene rings is 2. The average molecular weight is 603 g/mol. The molecule has 43 heavy (non-hydrogen) atoms. The molecule has 10 nitrogen and oxygen atoms in total. The molecule has 0 aliphatic carbocycles. The highest BCUT2D eigenvalue weighted by molar-refractivity contribution is 7.98. The molecule has 4 aromatic rings. The van der Waals surface area contributed by atoms with Crippen LogP contribution in [0, 0.1) is 5.92 Å². The monoisotopic (exact) mass is 602 g/mol. The van der Waals surface area contributed by atoms with E-state index in [1.807, 2.05) is 74.7 Å². The summed E-state index contributed by atoms with van der Waals surface area (Å²) in [5.41, 5.74) is 1.50. The van der Waals surface area contributed by atoms with Crippen LogP contribution >= 0.6 is 11.8 Å². The molecule has 3 heterocycles. The smallest absolute Gasteiger partial charge is 0.289 e. The van der Waals surface area contributed by atoms with Crippen LogP contribution in [0.4, 0.5) is 0 Å². The molecule has 0 spiro atoms. The summed E-state index contributed by atoms with van der Waals surface area (Å²) in [5.74, 6) is 1.39. The van der Waals surface area contributed by atoms with Gasteiger partial charge in [-0.15, -0.1) is 0 Å². The van der Waals surface area contributed by atoms with E-state index >= 15 is 0 Å². The van der Waals surface area contributed by atoms with Crippen molar-refractivity contribution in [3.63, 3.8) is 0 Å². The topological polar surface area (TPSA) is 122 Å². The van der Waals surface area contributed by atoms with Crippen molar-refractivity contribution in [3.8, 4) is 11.4 Å². The molecular weight excluding hydrogens is 564 g/mol. The first kappa shape index (κ1) is 30.3. The predicted molar refractivity (Wildman–Crippen MR) is 167 cm³/mol. The number of para-hydroxylation sites is 1. The highest BCUT2D eigenvalue weighted by Crippen LogP contribution is 2.25. The molecule has 2 aromatic heterocycles. The number of thioether (sulfide) groups is 1. The lowest BCUT2D eigenvalue weighted by Crippen LogP contribution is -2.49. The fourth-order valence-corrected chi connectivity index (χ4v) is 5.69. The van der Waals surface area contributed by atoms with E-state index in [-0.39, 0.29) is 35.8 Å². The summed E-state index contributed by atoms with van der Waals surface area (Å²) in [6.07, 6.45) is 3.10. The first-order valence-electron chi connectivity index (χ1n) is 14.7. The summed E-state index contributed by atoms with van der Waals surface area (Å²) in [6, 6.07) is 17.8. The molecule has 0 fully saturated rings. The summed E-state index contributed by atoms with van der Waals surface area (Å²) < 4.78 is 7.70. The molecule has 2 aromatic carbocycles. The maximum atomic E-state index is 13.7. The summed E-state index contributed by atoms with van der Waals surface area (Å²) >= 11 is 1.62. The van der Waals surface area contributed by atoms with E-state index in [1.54, 1.807) is 27.4 Å². The average Bonchev–Trinajstić information content (AvgIpc) is 3.64. The lowest BCUT2D eigenvalue weighted by molar-refractivity contribution is -0.129. The van der Waals surface area contributed by atoms with Gasteiger partial charge in [0, 0.05) is 30.5 Å². The van der Waals surface area contributed by atoms with Crippen molar-refractivity contribution in [2.75, 3.05) is 25.1 Å². The number of hydrogen-bond acceptors (Lipinski definition) is 7. The number of fused-ring (bicyclic) bond motifs is 2. The van der Waals surface area contributed by atoms with Crippen LogP contribution in [0.1, 0.15) is 55.5 Å². The number of rotatable bonds is 6. The first-order chi connectivity index (χ1) is 20.8. The van der Waals surface area contributed by atoms with E-state index in [9.17, 15) is 14.4 Å². The Balaban J connectivity index is 1.51. The molecule has 2 N–H and O–H groups in total. The van der Waals surface area contributed by atoms with Crippen molar-refractivity contribution in [1.82, 2.24) is 30.3 Å². The molecule has 11 heteroatoms. The van der Waals surface area contributed by atoms with Gasteiger partial charge in [-0.3, -0.25) is 14.4 Å². The zero-order chi connectivity index (χ0) is 30.3. The Labute approximate surface area is 255 Å². The maximum absolute atomic E-state index is 13.7. The van der Waals surface area contributed by atoms with Crippen LogP contribution in [-0.4, -0.2) is 68.5 Å². The van der Waals surface area contributed by atoms with Gasteiger partial charge in [0.2, 0.25) is 11.8 Å². The third-order valence-electron chi connectivity index (χ3n) is 7.57. The Morgan fingerprint density at radius 1 is 1.05 bits per heavy atom. The van der Waals surface area contributed by atoms with Crippen LogP contribution in [0.5, 0.6) is 0 Å². The zero-order valence-electron chi connectivity index (χ0n) is 24.8. The van der Waals surface area contributed by atoms with Crippen molar-refractivity contribution in [2.24, 2.45) is 5.92 Å². The number of amides is 3. The number of nitrogens with one attached hydrogen (secondary N) is 2. The number of aromatic nitrogens is 3. The molecule has 0 unspecified atom stereocenters. The zero-order valence-corrected chi connectivity index (χ0v) is 25.6. The summed E-state index contributed by atoms with van der Waals surface area (Å²) in [5, 5.41) is 11.8. The number of hydrogen-bond donors (Lipinski definition) is 2. The van der Waals surface area contributed by atoms with E-state index < -0.39 is 12.1 Å². The van der Waals surface area contributed by atoms with Crippen molar-refractivity contribution in [1.29, 1.82) is 0 Å². The van der Waals surface area contributed by atoms with E-state index in [4.69, 9.17) is 14.5 Å². The van der Waals surface area contributed by atoms with Crippen LogP contribution in [0.2, 0.25) is 0 Å². The standard InChI is InChI=1S/C32H38N6O4S/c1-21(2)28-30-35-29(22-10-5-4-6-11-22)36-38(30)18-17-37(32(41)26-20-23-12-7-8-13-25(23)42-26)16-9-14-27(39)33-24(15-19-43-3)31(40)34-28/h4-8,10-13,20-21,24,28H,9,14-19H2,1-3H3,(H,33,39)(H,34,40)/t24-,28+/m0/s1. The van der Waals surface area contributed by atoms with Crippen LogP contribution in [-0.2, 0) is 16.1 Å². The molecule has 0 saturated carbocycles. The predicted octanol–water partition coefficient (Wildman–Crippen LogP) is 4.68. The van der Waals surface area contributed by atoms with Crippen LogP contribution in [0.3, 0.4) is 0 Å². The van der Waals surface area contributed by atoms with Crippen molar-refractivity contribution >= 4 is 40.5 Å². The van der Waals surface area contributed by atoms with Crippen molar-refractivity contribution in [2.45, 2.75) is 51.7 Å². The number of furan rings is 1. The second kappa shape index (κ2) is 13.9. The van der Waals surface area contributed by atoms with Gasteiger partial charge < -0.3 is 20.0 Å². The third-order valence-corrected chi connectivity index (χ3v) is 8.22. The largest absolute Gasteiger partial charge is 0.451 e. The van der Waals surface area contributed by atoms with Crippen LogP contribution in [0.25, 0.3) is 22.4 Å². The quantitative estimate of drug-likeness (QED) is 0.329. The van der Waals surface area contributed by atoms with E-state index in [1.165, 1.54) is 0 Å². The number of carbonyl (C=O) groups excluding carboxylic acids is 3. The minimum atomic E-state index is -0.678. The molecule has 1 aliphatic heterocycles. The van der Waals surface area contributed by atoms with Gasteiger partial charge >= 0.3 is 0 Å². The molecule has 2 atom stereocenters. The molecule has 5 rings (SSSR count). The van der Waals surface area contributed by atoms with Gasteiger partial charge in [0.05, 0.1) is 12.6 Å². The van der Waals surface area contributed by atoms with E-state index in [2.05, 4.69) is 10.6 Å². The number of carbonyl (C=O) groups is 3. The molecule has 1 aliphatic rings. The van der Waals surface area contributed by atoms with Gasteiger partial charge in [0.15, 0.2) is 17.4 Å². The Morgan fingerprint density at radius 3 is 2.56 bits per heavy atom. The lowest BCUT2D eigenvalue weighted by Gasteiger charge is -2.27. The fraction of sp³-hybridized carbons (Fsp3) is 0.406. The van der Waals surface area contributed by atoms with Gasteiger partial charge in [-0.2, -0.15) is 16.9 Å². The summed E-state index contributed by atoms with van der Waals surface area (Å²) in [4.78, 5) is 46.9. The second-order valence-corrected chi connectivity index (χ2v) is 12.0. The minimum Gasteiger partial charge on any atom is -0.451 e. The highest BCUT2D eigenvalue weighted by atomic mass is 32.2. The van der Waals surface area contributed by atoms with Gasteiger partial charge in [-0.05, 0) is 42.9 Å². The minimum absolute atomic E-state index is 0.0198. The Bertz CT molecular complexity index is 1530. The van der Waals surface area contributed by atoms with Crippen LogP contribution in [0.15, 0.2) is 65.1 Å². The fourth-order valence-electron chi connectivity index (χ4n) is 5.22. The summed E-state index contributed by atoms with van der Waals surface area (Å²) in [7, 11) is 0. The van der Waals surface area contributed by atoms with Gasteiger partial charge in [0.1, 0.15) is 11.6 Å². The SMILES string of the molecule is CSCC[C@@H]1NC(=O)CCCN(C(=O)c2cc3ccccc3o2)CCn2nc(-c3ccccc3)nc2[C@@H](C(C)C)NC1=O. The molecule has 0 radical (unpaired) electrons. The third kappa shape index (κ3) is 7.27. The normalized spacial score (nSPS) is 18.7. The van der Waals surface area contributed by atoms with Crippen molar-refractivity contribution < 1.29 is 18.8 Å². The first-order valence-corrected chi connectivity index (χ1v) is 16.1. The molecule has 3 amide bonds. The Morgan fingerprint density at radius 2 is 1.81 bits per heavy atom. The van der Waals surface area contributed by atoms with Crippen LogP contribution < -0.4 is 10.6 Å². The number of nitrogens with zero attached hydrogens (tertiary/aromatic N) is 4. The van der Waals surface area contributed by atoms with Gasteiger partial charge in [-0.25, -0.2) is 9.67 Å². The molecule has 0 saturated heterocycles. The Hall–Kier alpha value is -4.12. The molecule has 0 bridgehead atoms. The summed E-state index contributed by atoms with van der Waals surface area (Å²) in [6.45, 7) is 5.04. The Kier molecular flexibility index (Phi) is 9.81. The lowest BCUT2D eigenvalue weighted by atomic mass is 10.0. The van der Waals surface area contributed by atoms with Crippen molar-refractivity contribution in [3.05, 3.63) is 72.2 Å². The van der Waals surface area contributed by atoms with Gasteiger partial charge in [0.25, 0.3) is 5.91 Å². The maximum Gasteiger partial charge on any atom is 0.289 e. The molecular formula is C32H38N6O4S. The highest BCUT2D eigenvalue weighted by Gasteiger charge is 2.30. The van der Waals surface area contributed by atoms with E-state index in [0.29, 0.717) is 49.7 Å². The second-order valence-electron chi connectivity index (χ2n) is 11.1. The molecule has 226 valence electrons.